The van der Waals surface area contributed by atoms with E-state index in [-0.39, 0.29) is 17.4 Å². The third-order valence-electron chi connectivity index (χ3n) is 2.91. The minimum atomic E-state index is -0.531. The molecular formula is C12H12N2O4. The zero-order valence-electron chi connectivity index (χ0n) is 9.67. The Morgan fingerprint density at radius 2 is 1.94 bits per heavy atom. The van der Waals surface area contributed by atoms with Gasteiger partial charge in [0.15, 0.2) is 0 Å². The third-order valence-corrected chi connectivity index (χ3v) is 2.91. The summed E-state index contributed by atoms with van der Waals surface area (Å²) in [7, 11) is 0. The number of hydrogen-bond donors (Lipinski definition) is 0. The van der Waals surface area contributed by atoms with E-state index in [4.69, 9.17) is 0 Å². The number of nitrogens with zero attached hydrogens (tertiary/aromatic N) is 2. The normalized spacial score (nSPS) is 15.6. The summed E-state index contributed by atoms with van der Waals surface area (Å²) in [6, 6.07) is 5.64. The zero-order valence-corrected chi connectivity index (χ0v) is 9.67. The lowest BCUT2D eigenvalue weighted by molar-refractivity contribution is -0.384. The van der Waals surface area contributed by atoms with Crippen molar-refractivity contribution in [2.75, 3.05) is 13.1 Å². The summed E-state index contributed by atoms with van der Waals surface area (Å²) in [5.41, 5.74) is 0.187. The third kappa shape index (κ3) is 2.53. The van der Waals surface area contributed by atoms with Gasteiger partial charge >= 0.3 is 0 Å². The standard InChI is InChI=1S/C12H12N2O4/c15-11-4-6-13(7-5-11)12(16)9-2-1-3-10(8-9)14(17)18/h1-3,8H,4-7H2. The van der Waals surface area contributed by atoms with Crippen molar-refractivity contribution >= 4 is 17.4 Å². The van der Waals surface area contributed by atoms with Crippen molar-refractivity contribution in [2.24, 2.45) is 0 Å². The lowest BCUT2D eigenvalue weighted by Gasteiger charge is -2.25. The Morgan fingerprint density at radius 3 is 2.56 bits per heavy atom. The highest BCUT2D eigenvalue weighted by Gasteiger charge is 2.22. The van der Waals surface area contributed by atoms with Crippen molar-refractivity contribution in [3.63, 3.8) is 0 Å². The highest BCUT2D eigenvalue weighted by Crippen LogP contribution is 2.16. The fourth-order valence-corrected chi connectivity index (χ4v) is 1.89. The summed E-state index contributed by atoms with van der Waals surface area (Å²) in [6.07, 6.45) is 0.724. The summed E-state index contributed by atoms with van der Waals surface area (Å²) in [5.74, 6) is -0.107. The van der Waals surface area contributed by atoms with E-state index in [9.17, 15) is 19.7 Å². The lowest BCUT2D eigenvalue weighted by Crippen LogP contribution is -2.38. The second kappa shape index (κ2) is 4.95. The molecular weight excluding hydrogens is 236 g/mol. The summed E-state index contributed by atoms with van der Waals surface area (Å²) in [4.78, 5) is 34.8. The molecule has 1 aromatic rings. The van der Waals surface area contributed by atoms with E-state index in [0.29, 0.717) is 31.5 Å². The number of likely N-dealkylation sites (tertiary alicyclic amines) is 1. The molecule has 0 unspecified atom stereocenters. The van der Waals surface area contributed by atoms with Crippen LogP contribution in [-0.2, 0) is 4.79 Å². The second-order valence-electron chi connectivity index (χ2n) is 4.14. The molecule has 94 valence electrons. The number of carbonyl (C=O) groups excluding carboxylic acids is 2. The van der Waals surface area contributed by atoms with Crippen LogP contribution >= 0.6 is 0 Å². The van der Waals surface area contributed by atoms with Crippen LogP contribution in [0.25, 0.3) is 0 Å². The summed E-state index contributed by atoms with van der Waals surface area (Å²) >= 11 is 0. The van der Waals surface area contributed by atoms with Gasteiger partial charge in [0.2, 0.25) is 0 Å². The fraction of sp³-hybridized carbons (Fsp3) is 0.333. The average Bonchev–Trinajstić information content (AvgIpc) is 2.39. The van der Waals surface area contributed by atoms with E-state index in [1.54, 1.807) is 11.0 Å². The highest BCUT2D eigenvalue weighted by atomic mass is 16.6. The Bertz CT molecular complexity index is 503. The van der Waals surface area contributed by atoms with Crippen molar-refractivity contribution in [3.8, 4) is 0 Å². The van der Waals surface area contributed by atoms with E-state index in [1.807, 2.05) is 0 Å². The molecule has 0 atom stereocenters. The van der Waals surface area contributed by atoms with Gasteiger partial charge in [-0.2, -0.15) is 0 Å². The number of Topliss-reactive ketones (excluding diaryl/α,β-unsaturated/α-hetero) is 1. The maximum Gasteiger partial charge on any atom is 0.270 e. The van der Waals surface area contributed by atoms with E-state index in [1.165, 1.54) is 18.2 Å². The molecule has 1 fully saturated rings. The Kier molecular flexibility index (Phi) is 3.36. The van der Waals surface area contributed by atoms with Crippen molar-refractivity contribution < 1.29 is 14.5 Å². The van der Waals surface area contributed by atoms with Crippen LogP contribution in [0.4, 0.5) is 5.69 Å². The van der Waals surface area contributed by atoms with Crippen molar-refractivity contribution in [2.45, 2.75) is 12.8 Å². The SMILES string of the molecule is O=C1CCN(C(=O)c2cccc([N+](=O)[O-])c2)CC1. The fourth-order valence-electron chi connectivity index (χ4n) is 1.89. The first-order valence-electron chi connectivity index (χ1n) is 5.63. The molecule has 0 N–H and O–H groups in total. The van der Waals surface area contributed by atoms with Gasteiger partial charge in [0.1, 0.15) is 5.78 Å². The van der Waals surface area contributed by atoms with Gasteiger partial charge in [0.25, 0.3) is 11.6 Å². The van der Waals surface area contributed by atoms with Gasteiger partial charge < -0.3 is 4.90 Å². The summed E-state index contributed by atoms with van der Waals surface area (Å²) in [5, 5.41) is 10.6. The number of amides is 1. The second-order valence-corrected chi connectivity index (χ2v) is 4.14. The van der Waals surface area contributed by atoms with Gasteiger partial charge in [-0.3, -0.25) is 19.7 Å². The van der Waals surface area contributed by atoms with Gasteiger partial charge in [-0.1, -0.05) is 6.07 Å². The summed E-state index contributed by atoms with van der Waals surface area (Å²) in [6.45, 7) is 0.778. The molecule has 1 aromatic carbocycles. The first-order valence-corrected chi connectivity index (χ1v) is 5.63. The van der Waals surface area contributed by atoms with Gasteiger partial charge in [-0.05, 0) is 6.07 Å². The number of piperidine rings is 1. The number of benzene rings is 1. The van der Waals surface area contributed by atoms with Crippen LogP contribution in [-0.4, -0.2) is 34.6 Å². The van der Waals surface area contributed by atoms with Gasteiger partial charge in [-0.15, -0.1) is 0 Å². The smallest absolute Gasteiger partial charge is 0.270 e. The summed E-state index contributed by atoms with van der Waals surface area (Å²) < 4.78 is 0. The highest BCUT2D eigenvalue weighted by molar-refractivity contribution is 5.96. The van der Waals surface area contributed by atoms with Crippen LogP contribution in [0, 0.1) is 10.1 Å². The molecule has 1 aliphatic rings. The Labute approximate surface area is 103 Å². The first kappa shape index (κ1) is 12.2. The average molecular weight is 248 g/mol. The molecule has 6 nitrogen and oxygen atoms in total. The number of non-ortho nitro benzene ring substituents is 1. The van der Waals surface area contributed by atoms with Crippen LogP contribution in [0.2, 0.25) is 0 Å². The molecule has 6 heteroatoms. The molecule has 1 aliphatic heterocycles. The first-order chi connectivity index (χ1) is 8.58. The Hall–Kier alpha value is -2.24. The molecule has 0 aliphatic carbocycles. The molecule has 0 saturated carbocycles. The number of nitro groups is 1. The number of ketones is 1. The van der Waals surface area contributed by atoms with Crippen LogP contribution in [0.15, 0.2) is 24.3 Å². The number of nitro benzene ring substituents is 1. The Balaban J connectivity index is 2.16. The van der Waals surface area contributed by atoms with E-state index >= 15 is 0 Å². The van der Waals surface area contributed by atoms with E-state index < -0.39 is 4.92 Å². The number of carbonyl (C=O) groups is 2. The lowest BCUT2D eigenvalue weighted by atomic mass is 10.1. The topological polar surface area (TPSA) is 80.5 Å². The van der Waals surface area contributed by atoms with E-state index in [0.717, 1.165) is 0 Å². The molecule has 1 amide bonds. The van der Waals surface area contributed by atoms with Crippen LogP contribution in [0.5, 0.6) is 0 Å². The zero-order chi connectivity index (χ0) is 13.1. The molecule has 18 heavy (non-hydrogen) atoms. The quantitative estimate of drug-likeness (QED) is 0.585. The molecule has 0 bridgehead atoms. The van der Waals surface area contributed by atoms with Crippen LogP contribution < -0.4 is 0 Å². The van der Waals surface area contributed by atoms with Gasteiger partial charge in [0.05, 0.1) is 4.92 Å². The molecule has 0 spiro atoms. The van der Waals surface area contributed by atoms with Crippen molar-refractivity contribution in [1.29, 1.82) is 0 Å². The maximum absolute atomic E-state index is 12.1. The van der Waals surface area contributed by atoms with Gasteiger partial charge in [0, 0.05) is 43.6 Å². The molecule has 0 aromatic heterocycles. The minimum absolute atomic E-state index is 0.103. The van der Waals surface area contributed by atoms with Crippen LogP contribution in [0.1, 0.15) is 23.2 Å². The molecule has 1 heterocycles. The van der Waals surface area contributed by atoms with Crippen LogP contribution in [0.3, 0.4) is 0 Å². The minimum Gasteiger partial charge on any atom is -0.338 e. The molecule has 2 rings (SSSR count). The predicted molar refractivity (Wildman–Crippen MR) is 63.2 cm³/mol. The monoisotopic (exact) mass is 248 g/mol. The number of hydrogen-bond acceptors (Lipinski definition) is 4. The maximum atomic E-state index is 12.1. The largest absolute Gasteiger partial charge is 0.338 e. The number of rotatable bonds is 2. The Morgan fingerprint density at radius 1 is 1.28 bits per heavy atom. The molecule has 1 saturated heterocycles. The molecule has 0 radical (unpaired) electrons. The van der Waals surface area contributed by atoms with Crippen molar-refractivity contribution in [1.82, 2.24) is 4.90 Å². The predicted octanol–water partition coefficient (Wildman–Crippen LogP) is 1.40. The van der Waals surface area contributed by atoms with E-state index in [2.05, 4.69) is 0 Å². The van der Waals surface area contributed by atoms with Gasteiger partial charge in [-0.25, -0.2) is 0 Å². The van der Waals surface area contributed by atoms with Crippen molar-refractivity contribution in [3.05, 3.63) is 39.9 Å².